The zero-order chi connectivity index (χ0) is 13.0. The number of hydrogen-bond acceptors (Lipinski definition) is 2. The highest BCUT2D eigenvalue weighted by molar-refractivity contribution is 6.30. The molecule has 18 heavy (non-hydrogen) atoms. The maximum Gasteiger partial charge on any atom is 0.146 e. The van der Waals surface area contributed by atoms with Gasteiger partial charge in [0.1, 0.15) is 5.82 Å². The standard InChI is InChI=1S/C14H20ClFN2/c1-18-9-3-2-4-12(18)7-8-17-14-10-11(15)5-6-13(14)16/h5-6,10,12,17H,2-4,7-9H2,1H3. The third kappa shape index (κ3) is 3.59. The second kappa shape index (κ2) is 6.39. The van der Waals surface area contributed by atoms with Crippen molar-refractivity contribution in [2.24, 2.45) is 0 Å². The maximum absolute atomic E-state index is 13.5. The molecule has 2 nitrogen and oxygen atoms in total. The van der Waals surface area contributed by atoms with Crippen molar-refractivity contribution in [3.8, 4) is 0 Å². The number of likely N-dealkylation sites (tertiary alicyclic amines) is 1. The Bertz CT molecular complexity index is 397. The smallest absolute Gasteiger partial charge is 0.146 e. The molecule has 0 amide bonds. The van der Waals surface area contributed by atoms with Gasteiger partial charge < -0.3 is 10.2 Å². The molecule has 1 heterocycles. The predicted molar refractivity (Wildman–Crippen MR) is 74.8 cm³/mol. The average Bonchev–Trinajstić information content (AvgIpc) is 2.36. The van der Waals surface area contributed by atoms with Crippen LogP contribution in [0.5, 0.6) is 0 Å². The highest BCUT2D eigenvalue weighted by Gasteiger charge is 2.18. The van der Waals surface area contributed by atoms with Crippen molar-refractivity contribution in [3.63, 3.8) is 0 Å². The van der Waals surface area contributed by atoms with Crippen molar-refractivity contribution < 1.29 is 4.39 Å². The molecule has 1 fully saturated rings. The molecular formula is C14H20ClFN2. The van der Waals surface area contributed by atoms with E-state index in [0.717, 1.165) is 13.0 Å². The molecule has 1 saturated heterocycles. The number of benzene rings is 1. The molecule has 1 unspecified atom stereocenters. The van der Waals surface area contributed by atoms with Gasteiger partial charge in [-0.05, 0) is 51.1 Å². The fraction of sp³-hybridized carbons (Fsp3) is 0.571. The van der Waals surface area contributed by atoms with E-state index in [1.807, 2.05) is 0 Å². The molecule has 1 aromatic rings. The zero-order valence-electron chi connectivity index (χ0n) is 10.8. The lowest BCUT2D eigenvalue weighted by Gasteiger charge is -2.32. The molecule has 0 saturated carbocycles. The lowest BCUT2D eigenvalue weighted by molar-refractivity contribution is 0.179. The number of anilines is 1. The average molecular weight is 271 g/mol. The van der Waals surface area contributed by atoms with E-state index in [4.69, 9.17) is 11.6 Å². The number of hydrogen-bond donors (Lipinski definition) is 1. The van der Waals surface area contributed by atoms with E-state index in [1.165, 1.54) is 31.9 Å². The van der Waals surface area contributed by atoms with Crippen molar-refractivity contribution in [1.29, 1.82) is 0 Å². The van der Waals surface area contributed by atoms with Gasteiger partial charge in [0.25, 0.3) is 0 Å². The molecule has 100 valence electrons. The van der Waals surface area contributed by atoms with Gasteiger partial charge >= 0.3 is 0 Å². The summed E-state index contributed by atoms with van der Waals surface area (Å²) < 4.78 is 13.5. The van der Waals surface area contributed by atoms with Gasteiger partial charge in [-0.15, -0.1) is 0 Å². The highest BCUT2D eigenvalue weighted by atomic mass is 35.5. The van der Waals surface area contributed by atoms with Crippen LogP contribution in [0.3, 0.4) is 0 Å². The van der Waals surface area contributed by atoms with Crippen LogP contribution in [0.4, 0.5) is 10.1 Å². The van der Waals surface area contributed by atoms with Crippen LogP contribution in [0.25, 0.3) is 0 Å². The fourth-order valence-electron chi connectivity index (χ4n) is 2.52. The second-order valence-electron chi connectivity index (χ2n) is 4.97. The number of halogens is 2. The summed E-state index contributed by atoms with van der Waals surface area (Å²) in [5, 5.41) is 3.70. The Balaban J connectivity index is 1.82. The van der Waals surface area contributed by atoms with Gasteiger partial charge in [0, 0.05) is 17.6 Å². The van der Waals surface area contributed by atoms with Crippen LogP contribution >= 0.6 is 11.6 Å². The van der Waals surface area contributed by atoms with Crippen LogP contribution in [0, 0.1) is 5.82 Å². The Kier molecular flexibility index (Phi) is 4.84. The van der Waals surface area contributed by atoms with E-state index in [9.17, 15) is 4.39 Å². The van der Waals surface area contributed by atoms with E-state index in [-0.39, 0.29) is 5.82 Å². The monoisotopic (exact) mass is 270 g/mol. The molecule has 1 aromatic carbocycles. The van der Waals surface area contributed by atoms with Crippen molar-refractivity contribution in [2.45, 2.75) is 31.7 Å². The SMILES string of the molecule is CN1CCCCC1CCNc1cc(Cl)ccc1F. The Morgan fingerprint density at radius 1 is 1.44 bits per heavy atom. The Morgan fingerprint density at radius 3 is 3.06 bits per heavy atom. The summed E-state index contributed by atoms with van der Waals surface area (Å²) in [4.78, 5) is 2.40. The van der Waals surface area contributed by atoms with Gasteiger partial charge in [-0.25, -0.2) is 4.39 Å². The van der Waals surface area contributed by atoms with E-state index < -0.39 is 0 Å². The summed E-state index contributed by atoms with van der Waals surface area (Å²) in [6, 6.07) is 5.23. The number of rotatable bonds is 4. The second-order valence-corrected chi connectivity index (χ2v) is 5.41. The van der Waals surface area contributed by atoms with Crippen LogP contribution in [-0.2, 0) is 0 Å². The van der Waals surface area contributed by atoms with Crippen molar-refractivity contribution >= 4 is 17.3 Å². The number of nitrogens with zero attached hydrogens (tertiary/aromatic N) is 1. The first-order chi connectivity index (χ1) is 8.66. The third-order valence-corrected chi connectivity index (χ3v) is 3.88. The van der Waals surface area contributed by atoms with Gasteiger partial charge in [0.05, 0.1) is 5.69 Å². The minimum Gasteiger partial charge on any atom is -0.383 e. The molecule has 1 N–H and O–H groups in total. The topological polar surface area (TPSA) is 15.3 Å². The molecule has 1 aliphatic rings. The van der Waals surface area contributed by atoms with Gasteiger partial charge in [0.15, 0.2) is 0 Å². The Morgan fingerprint density at radius 2 is 2.28 bits per heavy atom. The molecule has 1 atom stereocenters. The Hall–Kier alpha value is -0.800. The van der Waals surface area contributed by atoms with Crippen LogP contribution in [0.15, 0.2) is 18.2 Å². The minimum absolute atomic E-state index is 0.239. The van der Waals surface area contributed by atoms with Crippen molar-refractivity contribution in [3.05, 3.63) is 29.0 Å². The molecular weight excluding hydrogens is 251 g/mol. The Labute approximate surface area is 113 Å². The number of nitrogens with one attached hydrogen (secondary N) is 1. The molecule has 2 rings (SSSR count). The predicted octanol–water partition coefficient (Wildman–Crippen LogP) is 3.77. The lowest BCUT2D eigenvalue weighted by atomic mass is 10.0. The first-order valence-electron chi connectivity index (χ1n) is 6.56. The molecule has 0 spiro atoms. The van der Waals surface area contributed by atoms with Gasteiger partial charge in [-0.2, -0.15) is 0 Å². The molecule has 0 bridgehead atoms. The van der Waals surface area contributed by atoms with E-state index in [1.54, 1.807) is 12.1 Å². The summed E-state index contributed by atoms with van der Waals surface area (Å²) in [5.41, 5.74) is 0.501. The van der Waals surface area contributed by atoms with Gasteiger partial charge in [0.2, 0.25) is 0 Å². The first kappa shape index (κ1) is 13.6. The molecule has 4 heteroatoms. The fourth-order valence-corrected chi connectivity index (χ4v) is 2.69. The van der Waals surface area contributed by atoms with Crippen molar-refractivity contribution in [1.82, 2.24) is 4.90 Å². The molecule has 0 aliphatic carbocycles. The highest BCUT2D eigenvalue weighted by Crippen LogP contribution is 2.21. The van der Waals surface area contributed by atoms with E-state index >= 15 is 0 Å². The lowest BCUT2D eigenvalue weighted by Crippen LogP contribution is -2.37. The summed E-state index contributed by atoms with van der Waals surface area (Å²) in [7, 11) is 2.17. The summed E-state index contributed by atoms with van der Waals surface area (Å²) >= 11 is 5.85. The van der Waals surface area contributed by atoms with Crippen LogP contribution in [0.1, 0.15) is 25.7 Å². The molecule has 0 aromatic heterocycles. The summed E-state index contributed by atoms with van der Waals surface area (Å²) in [6.45, 7) is 1.96. The quantitative estimate of drug-likeness (QED) is 0.896. The maximum atomic E-state index is 13.5. The van der Waals surface area contributed by atoms with Crippen molar-refractivity contribution in [2.75, 3.05) is 25.5 Å². The third-order valence-electron chi connectivity index (χ3n) is 3.64. The summed E-state index contributed by atoms with van der Waals surface area (Å²) in [5.74, 6) is -0.239. The van der Waals surface area contributed by atoms with E-state index in [2.05, 4.69) is 17.3 Å². The summed E-state index contributed by atoms with van der Waals surface area (Å²) in [6.07, 6.45) is 4.89. The molecule has 1 aliphatic heterocycles. The van der Waals surface area contributed by atoms with Crippen LogP contribution < -0.4 is 5.32 Å². The number of piperidine rings is 1. The van der Waals surface area contributed by atoms with Crippen LogP contribution in [-0.4, -0.2) is 31.1 Å². The van der Waals surface area contributed by atoms with Gasteiger partial charge in [-0.3, -0.25) is 0 Å². The minimum atomic E-state index is -0.239. The zero-order valence-corrected chi connectivity index (χ0v) is 11.5. The molecule has 0 radical (unpaired) electrons. The normalized spacial score (nSPS) is 20.9. The van der Waals surface area contributed by atoms with Crippen LogP contribution in [0.2, 0.25) is 5.02 Å². The largest absolute Gasteiger partial charge is 0.383 e. The first-order valence-corrected chi connectivity index (χ1v) is 6.94. The van der Waals surface area contributed by atoms with E-state index in [0.29, 0.717) is 16.8 Å². The van der Waals surface area contributed by atoms with Gasteiger partial charge in [-0.1, -0.05) is 18.0 Å².